The van der Waals surface area contributed by atoms with Crippen LogP contribution < -0.4 is 10.9 Å². The predicted molar refractivity (Wildman–Crippen MR) is 122 cm³/mol. The van der Waals surface area contributed by atoms with Gasteiger partial charge < -0.3 is 14.8 Å². The van der Waals surface area contributed by atoms with Crippen LogP contribution in [0.2, 0.25) is 0 Å². The van der Waals surface area contributed by atoms with Crippen molar-refractivity contribution in [1.82, 2.24) is 20.1 Å². The smallest absolute Gasteiger partial charge is 0.407 e. The number of esters is 1. The molecule has 2 aromatic heterocycles. The third-order valence-electron chi connectivity index (χ3n) is 4.47. The highest BCUT2D eigenvalue weighted by Gasteiger charge is 2.16. The van der Waals surface area contributed by atoms with E-state index in [1.54, 1.807) is 63.5 Å². The number of carbonyl (C=O) groups excluding carboxylic acids is 2. The Hall–Kier alpha value is -4.01. The van der Waals surface area contributed by atoms with E-state index in [1.807, 2.05) is 6.07 Å². The standard InChI is InChI=1S/C24H26N4O5/c1-24(2,3)33-23(31)26-13-17-11-19(14-25-12-17)20-8-9-21(29)28(27-20)15-16-6-5-7-18(10-16)22(30)32-4/h5-12,14H,13,15H2,1-4H3,(H,26,31). The van der Waals surface area contributed by atoms with E-state index in [2.05, 4.69) is 15.4 Å². The largest absolute Gasteiger partial charge is 0.465 e. The van der Waals surface area contributed by atoms with Crippen LogP contribution in [0.4, 0.5) is 4.79 Å². The molecule has 0 aliphatic carbocycles. The molecule has 1 aromatic carbocycles. The van der Waals surface area contributed by atoms with E-state index in [9.17, 15) is 14.4 Å². The second-order valence-corrected chi connectivity index (χ2v) is 8.34. The summed E-state index contributed by atoms with van der Waals surface area (Å²) in [4.78, 5) is 40.3. The van der Waals surface area contributed by atoms with E-state index in [-0.39, 0.29) is 18.6 Å². The maximum absolute atomic E-state index is 12.4. The molecule has 0 unspecified atom stereocenters. The van der Waals surface area contributed by atoms with Crippen molar-refractivity contribution in [3.05, 3.63) is 81.9 Å². The molecule has 3 rings (SSSR count). The molecule has 0 fully saturated rings. The lowest BCUT2D eigenvalue weighted by Crippen LogP contribution is -2.32. The lowest BCUT2D eigenvalue weighted by molar-refractivity contribution is 0.0522. The van der Waals surface area contributed by atoms with E-state index in [1.165, 1.54) is 17.9 Å². The van der Waals surface area contributed by atoms with Crippen LogP contribution in [0.25, 0.3) is 11.3 Å². The van der Waals surface area contributed by atoms with Gasteiger partial charge in [-0.25, -0.2) is 14.3 Å². The molecule has 3 aromatic rings. The van der Waals surface area contributed by atoms with Crippen molar-refractivity contribution >= 4 is 12.1 Å². The molecule has 1 amide bonds. The number of methoxy groups -OCH3 is 1. The minimum Gasteiger partial charge on any atom is -0.465 e. The lowest BCUT2D eigenvalue weighted by Gasteiger charge is -2.19. The summed E-state index contributed by atoms with van der Waals surface area (Å²) in [6.45, 7) is 5.80. The number of pyridine rings is 1. The van der Waals surface area contributed by atoms with Gasteiger partial charge in [0.2, 0.25) is 0 Å². The molecule has 0 aliphatic rings. The van der Waals surface area contributed by atoms with E-state index in [4.69, 9.17) is 9.47 Å². The highest BCUT2D eigenvalue weighted by molar-refractivity contribution is 5.89. The summed E-state index contributed by atoms with van der Waals surface area (Å²) in [5, 5.41) is 7.15. The molecule has 0 atom stereocenters. The summed E-state index contributed by atoms with van der Waals surface area (Å²) in [5.41, 5.74) is 2.26. The highest BCUT2D eigenvalue weighted by Crippen LogP contribution is 2.16. The fourth-order valence-corrected chi connectivity index (χ4v) is 3.02. The third-order valence-corrected chi connectivity index (χ3v) is 4.47. The summed E-state index contributed by atoms with van der Waals surface area (Å²) in [6, 6.07) is 11.7. The van der Waals surface area contributed by atoms with Crippen LogP contribution in [-0.2, 0) is 22.6 Å². The topological polar surface area (TPSA) is 112 Å². The number of ether oxygens (including phenoxy) is 2. The molecular formula is C24H26N4O5. The van der Waals surface area contributed by atoms with Crippen LogP contribution in [0, 0.1) is 0 Å². The monoisotopic (exact) mass is 450 g/mol. The average molecular weight is 450 g/mol. The summed E-state index contributed by atoms with van der Waals surface area (Å²) in [5.74, 6) is -0.450. The van der Waals surface area contributed by atoms with Crippen LogP contribution in [-0.4, -0.2) is 39.5 Å². The van der Waals surface area contributed by atoms with Crippen molar-refractivity contribution in [3.8, 4) is 11.3 Å². The number of nitrogens with one attached hydrogen (secondary N) is 1. The molecule has 0 saturated heterocycles. The summed E-state index contributed by atoms with van der Waals surface area (Å²) >= 11 is 0. The van der Waals surface area contributed by atoms with Gasteiger partial charge in [0.05, 0.1) is 24.9 Å². The molecule has 9 nitrogen and oxygen atoms in total. The number of rotatable bonds is 6. The Bertz CT molecular complexity index is 1210. The SMILES string of the molecule is COC(=O)c1cccc(Cn2nc(-c3cncc(CNC(=O)OC(C)(C)C)c3)ccc2=O)c1. The summed E-state index contributed by atoms with van der Waals surface area (Å²) in [7, 11) is 1.32. The van der Waals surface area contributed by atoms with Gasteiger partial charge in [0.25, 0.3) is 5.56 Å². The fourth-order valence-electron chi connectivity index (χ4n) is 3.02. The number of aromatic nitrogens is 3. The molecular weight excluding hydrogens is 424 g/mol. The van der Waals surface area contributed by atoms with Gasteiger partial charge in [0.15, 0.2) is 0 Å². The zero-order chi connectivity index (χ0) is 24.0. The van der Waals surface area contributed by atoms with Gasteiger partial charge in [-0.2, -0.15) is 5.10 Å². The molecule has 2 heterocycles. The third kappa shape index (κ3) is 6.73. The first-order chi connectivity index (χ1) is 15.6. The molecule has 1 N–H and O–H groups in total. The Kier molecular flexibility index (Phi) is 7.22. The average Bonchev–Trinajstić information content (AvgIpc) is 2.78. The molecule has 0 bridgehead atoms. The first-order valence-electron chi connectivity index (χ1n) is 10.3. The predicted octanol–water partition coefficient (Wildman–Crippen LogP) is 3.16. The number of hydrogen-bond donors (Lipinski definition) is 1. The van der Waals surface area contributed by atoms with Gasteiger partial charge in [-0.05, 0) is 56.2 Å². The quantitative estimate of drug-likeness (QED) is 0.574. The molecule has 0 spiro atoms. The Balaban J connectivity index is 1.78. The van der Waals surface area contributed by atoms with Crippen LogP contribution in [0.15, 0.2) is 59.7 Å². The number of benzene rings is 1. The second kappa shape index (κ2) is 10.1. The highest BCUT2D eigenvalue weighted by atomic mass is 16.6. The molecule has 172 valence electrons. The van der Waals surface area contributed by atoms with Gasteiger partial charge in [-0.1, -0.05) is 12.1 Å². The van der Waals surface area contributed by atoms with Crippen molar-refractivity contribution in [2.45, 2.75) is 39.5 Å². The van der Waals surface area contributed by atoms with E-state index in [0.29, 0.717) is 16.8 Å². The Morgan fingerprint density at radius 2 is 1.85 bits per heavy atom. The van der Waals surface area contributed by atoms with Gasteiger partial charge in [-0.3, -0.25) is 9.78 Å². The Morgan fingerprint density at radius 1 is 1.06 bits per heavy atom. The van der Waals surface area contributed by atoms with E-state index < -0.39 is 17.7 Å². The van der Waals surface area contributed by atoms with Crippen molar-refractivity contribution in [2.75, 3.05) is 7.11 Å². The van der Waals surface area contributed by atoms with Crippen LogP contribution in [0.5, 0.6) is 0 Å². The van der Waals surface area contributed by atoms with Crippen molar-refractivity contribution in [2.24, 2.45) is 0 Å². The maximum Gasteiger partial charge on any atom is 0.407 e. The van der Waals surface area contributed by atoms with Gasteiger partial charge in [0.1, 0.15) is 5.60 Å². The van der Waals surface area contributed by atoms with E-state index in [0.717, 1.165) is 11.1 Å². The first kappa shape index (κ1) is 23.6. The zero-order valence-electron chi connectivity index (χ0n) is 19.0. The molecule has 0 radical (unpaired) electrons. The Labute approximate surface area is 191 Å². The van der Waals surface area contributed by atoms with Gasteiger partial charge in [0, 0.05) is 30.6 Å². The lowest BCUT2D eigenvalue weighted by atomic mass is 10.1. The summed E-state index contributed by atoms with van der Waals surface area (Å²) in [6.07, 6.45) is 2.75. The minimum atomic E-state index is -0.585. The van der Waals surface area contributed by atoms with Gasteiger partial charge in [-0.15, -0.1) is 0 Å². The zero-order valence-corrected chi connectivity index (χ0v) is 19.0. The summed E-state index contributed by atoms with van der Waals surface area (Å²) < 4.78 is 11.3. The second-order valence-electron chi connectivity index (χ2n) is 8.34. The first-order valence-corrected chi connectivity index (χ1v) is 10.3. The van der Waals surface area contributed by atoms with Crippen LogP contribution in [0.1, 0.15) is 42.3 Å². The molecule has 9 heteroatoms. The number of hydrogen-bond acceptors (Lipinski definition) is 7. The maximum atomic E-state index is 12.4. The Morgan fingerprint density at radius 3 is 2.58 bits per heavy atom. The number of alkyl carbamates (subject to hydrolysis) is 1. The fraction of sp³-hybridized carbons (Fsp3) is 0.292. The van der Waals surface area contributed by atoms with Crippen LogP contribution >= 0.6 is 0 Å². The number of amides is 1. The van der Waals surface area contributed by atoms with Crippen molar-refractivity contribution < 1.29 is 19.1 Å². The normalized spacial score (nSPS) is 11.0. The number of carbonyl (C=O) groups is 2. The molecule has 0 saturated carbocycles. The van der Waals surface area contributed by atoms with Crippen LogP contribution in [0.3, 0.4) is 0 Å². The molecule has 33 heavy (non-hydrogen) atoms. The van der Waals surface area contributed by atoms with Crippen molar-refractivity contribution in [1.29, 1.82) is 0 Å². The minimum absolute atomic E-state index is 0.185. The number of nitrogens with zero attached hydrogens (tertiary/aromatic N) is 3. The van der Waals surface area contributed by atoms with Crippen molar-refractivity contribution in [3.63, 3.8) is 0 Å². The van der Waals surface area contributed by atoms with E-state index >= 15 is 0 Å². The van der Waals surface area contributed by atoms with Gasteiger partial charge >= 0.3 is 12.1 Å². The molecule has 0 aliphatic heterocycles.